The van der Waals surface area contributed by atoms with Crippen molar-refractivity contribution < 1.29 is 0 Å². The van der Waals surface area contributed by atoms with Gasteiger partial charge in [0.25, 0.3) is 0 Å². The van der Waals surface area contributed by atoms with Crippen molar-refractivity contribution in [3.05, 3.63) is 18.1 Å². The van der Waals surface area contributed by atoms with Gasteiger partial charge in [0.2, 0.25) is 0 Å². The van der Waals surface area contributed by atoms with Gasteiger partial charge in [0.15, 0.2) is 0 Å². The van der Waals surface area contributed by atoms with Crippen LogP contribution in [0.25, 0.3) is 0 Å². The fraction of sp³-hybridized carbons (Fsp3) is 0.750. The van der Waals surface area contributed by atoms with Crippen molar-refractivity contribution in [3.8, 4) is 0 Å². The minimum absolute atomic E-state index is 0.614. The highest BCUT2D eigenvalue weighted by Gasteiger charge is 2.16. The first-order valence-corrected chi connectivity index (χ1v) is 8.18. The van der Waals surface area contributed by atoms with Crippen molar-refractivity contribution in [1.29, 1.82) is 0 Å². The van der Waals surface area contributed by atoms with E-state index in [0.717, 1.165) is 30.4 Å². The summed E-state index contributed by atoms with van der Waals surface area (Å²) in [7, 11) is 0. The molecule has 2 N–H and O–H groups in total. The summed E-state index contributed by atoms with van der Waals surface area (Å²) in [5.41, 5.74) is 1.15. The van der Waals surface area contributed by atoms with Crippen LogP contribution in [0, 0.1) is 5.92 Å². The van der Waals surface area contributed by atoms with Crippen LogP contribution < -0.4 is 10.6 Å². The lowest BCUT2D eigenvalue weighted by Gasteiger charge is -2.14. The minimum Gasteiger partial charge on any atom is -0.366 e. The van der Waals surface area contributed by atoms with Crippen molar-refractivity contribution in [2.24, 2.45) is 5.92 Å². The van der Waals surface area contributed by atoms with Crippen LogP contribution in [0.2, 0.25) is 0 Å². The van der Waals surface area contributed by atoms with Gasteiger partial charge in [0, 0.05) is 6.04 Å². The lowest BCUT2D eigenvalue weighted by Crippen LogP contribution is -2.16. The Morgan fingerprint density at radius 3 is 2.70 bits per heavy atom. The number of hydrogen-bond donors (Lipinski definition) is 2. The third-order valence-corrected chi connectivity index (χ3v) is 4.61. The molecule has 1 aromatic rings. The van der Waals surface area contributed by atoms with E-state index in [1.54, 1.807) is 0 Å². The number of anilines is 1. The number of rotatable bonds is 4. The Bertz CT molecular complexity index is 389. The molecule has 0 unspecified atom stereocenters. The topological polar surface area (TPSA) is 49.8 Å². The lowest BCUT2D eigenvalue weighted by molar-refractivity contribution is 0.464. The van der Waals surface area contributed by atoms with Gasteiger partial charge in [0.1, 0.15) is 5.82 Å². The maximum Gasteiger partial charge on any atom is 0.144 e. The van der Waals surface area contributed by atoms with E-state index in [1.807, 2.05) is 12.4 Å². The standard InChI is InChI=1S/C16H26N4/c1-2-6-14(5-1)20-16-12-18-15(11-19-16)10-13-4-3-8-17-9-7-13/h11-14,17H,1-10H2,(H,19,20)/t13-/m0/s1. The van der Waals surface area contributed by atoms with E-state index in [-0.39, 0.29) is 0 Å². The molecule has 0 bridgehead atoms. The van der Waals surface area contributed by atoms with Crippen molar-refractivity contribution in [3.63, 3.8) is 0 Å². The zero-order valence-corrected chi connectivity index (χ0v) is 12.3. The highest BCUT2D eigenvalue weighted by atomic mass is 15.0. The molecular formula is C16H26N4. The summed E-state index contributed by atoms with van der Waals surface area (Å²) in [5.74, 6) is 1.72. The quantitative estimate of drug-likeness (QED) is 0.886. The lowest BCUT2D eigenvalue weighted by atomic mass is 9.95. The maximum atomic E-state index is 4.60. The summed E-state index contributed by atoms with van der Waals surface area (Å²) < 4.78 is 0. The predicted octanol–water partition coefficient (Wildman–Crippen LogP) is 2.76. The molecule has 1 aromatic heterocycles. The van der Waals surface area contributed by atoms with Crippen LogP contribution >= 0.6 is 0 Å². The SMILES string of the molecule is c1nc(NC2CCCC2)cnc1C[C@H]1CCCNCC1. The Balaban J connectivity index is 1.52. The second-order valence-corrected chi connectivity index (χ2v) is 6.27. The Hall–Kier alpha value is -1.16. The maximum absolute atomic E-state index is 4.60. The number of nitrogens with one attached hydrogen (secondary N) is 2. The summed E-state index contributed by atoms with van der Waals surface area (Å²) in [4.78, 5) is 9.14. The average Bonchev–Trinajstić information content (AvgIpc) is 2.84. The second kappa shape index (κ2) is 7.02. The van der Waals surface area contributed by atoms with Gasteiger partial charge in [-0.2, -0.15) is 0 Å². The molecule has 3 rings (SSSR count). The van der Waals surface area contributed by atoms with Crippen LogP contribution in [0.1, 0.15) is 50.6 Å². The highest BCUT2D eigenvalue weighted by molar-refractivity contribution is 5.32. The summed E-state index contributed by atoms with van der Waals surface area (Å²) in [6.07, 6.45) is 14.1. The Morgan fingerprint density at radius 1 is 1.00 bits per heavy atom. The van der Waals surface area contributed by atoms with E-state index in [2.05, 4.69) is 20.6 Å². The summed E-state index contributed by atoms with van der Waals surface area (Å²) in [6.45, 7) is 2.33. The van der Waals surface area contributed by atoms with Crippen LogP contribution in [-0.4, -0.2) is 29.1 Å². The molecule has 0 amide bonds. The third-order valence-electron chi connectivity index (χ3n) is 4.61. The van der Waals surface area contributed by atoms with E-state index < -0.39 is 0 Å². The van der Waals surface area contributed by atoms with Gasteiger partial charge < -0.3 is 10.6 Å². The van der Waals surface area contributed by atoms with Gasteiger partial charge in [-0.3, -0.25) is 4.98 Å². The molecule has 0 spiro atoms. The Kier molecular flexibility index (Phi) is 4.85. The fourth-order valence-electron chi connectivity index (χ4n) is 3.41. The normalized spacial score (nSPS) is 24.5. The van der Waals surface area contributed by atoms with Gasteiger partial charge in [-0.15, -0.1) is 0 Å². The first-order valence-electron chi connectivity index (χ1n) is 8.18. The molecule has 1 aliphatic heterocycles. The van der Waals surface area contributed by atoms with E-state index in [4.69, 9.17) is 0 Å². The molecule has 1 aliphatic carbocycles. The molecule has 1 saturated heterocycles. The molecule has 110 valence electrons. The zero-order chi connectivity index (χ0) is 13.6. The largest absolute Gasteiger partial charge is 0.366 e. The van der Waals surface area contributed by atoms with E-state index >= 15 is 0 Å². The monoisotopic (exact) mass is 274 g/mol. The van der Waals surface area contributed by atoms with Crippen LogP contribution in [0.3, 0.4) is 0 Å². The predicted molar refractivity (Wildman–Crippen MR) is 81.8 cm³/mol. The summed E-state index contributed by atoms with van der Waals surface area (Å²) >= 11 is 0. The van der Waals surface area contributed by atoms with Crippen molar-refractivity contribution in [2.45, 2.75) is 57.4 Å². The molecule has 4 heteroatoms. The Morgan fingerprint density at radius 2 is 1.90 bits per heavy atom. The Labute approximate surface area is 121 Å². The van der Waals surface area contributed by atoms with Crippen molar-refractivity contribution >= 4 is 5.82 Å². The van der Waals surface area contributed by atoms with Gasteiger partial charge in [-0.05, 0) is 57.5 Å². The first-order chi connectivity index (χ1) is 9.90. The van der Waals surface area contributed by atoms with Crippen LogP contribution in [0.15, 0.2) is 12.4 Å². The van der Waals surface area contributed by atoms with Crippen molar-refractivity contribution in [1.82, 2.24) is 15.3 Å². The molecule has 4 nitrogen and oxygen atoms in total. The molecule has 1 atom stereocenters. The second-order valence-electron chi connectivity index (χ2n) is 6.27. The van der Waals surface area contributed by atoms with Crippen LogP contribution in [0.4, 0.5) is 5.82 Å². The van der Waals surface area contributed by atoms with E-state index in [9.17, 15) is 0 Å². The molecular weight excluding hydrogens is 248 g/mol. The third kappa shape index (κ3) is 3.92. The smallest absolute Gasteiger partial charge is 0.144 e. The van der Waals surface area contributed by atoms with E-state index in [1.165, 1.54) is 51.5 Å². The molecule has 2 fully saturated rings. The number of hydrogen-bond acceptors (Lipinski definition) is 4. The minimum atomic E-state index is 0.614. The molecule has 2 aliphatic rings. The summed E-state index contributed by atoms with van der Waals surface area (Å²) in [6, 6.07) is 0.614. The van der Waals surface area contributed by atoms with Crippen LogP contribution in [-0.2, 0) is 6.42 Å². The van der Waals surface area contributed by atoms with Crippen LogP contribution in [0.5, 0.6) is 0 Å². The first kappa shape index (κ1) is 13.8. The average molecular weight is 274 g/mol. The molecule has 0 radical (unpaired) electrons. The molecule has 0 aromatic carbocycles. The molecule has 20 heavy (non-hydrogen) atoms. The van der Waals surface area contributed by atoms with Crippen molar-refractivity contribution in [2.75, 3.05) is 18.4 Å². The number of nitrogens with zero attached hydrogens (tertiary/aromatic N) is 2. The highest BCUT2D eigenvalue weighted by Crippen LogP contribution is 2.22. The van der Waals surface area contributed by atoms with Gasteiger partial charge >= 0.3 is 0 Å². The number of aromatic nitrogens is 2. The zero-order valence-electron chi connectivity index (χ0n) is 12.3. The van der Waals surface area contributed by atoms with Gasteiger partial charge in [-0.25, -0.2) is 4.98 Å². The van der Waals surface area contributed by atoms with E-state index in [0.29, 0.717) is 6.04 Å². The van der Waals surface area contributed by atoms with Gasteiger partial charge in [-0.1, -0.05) is 12.8 Å². The fourth-order valence-corrected chi connectivity index (χ4v) is 3.41. The summed E-state index contributed by atoms with van der Waals surface area (Å²) in [5, 5.41) is 6.96. The van der Waals surface area contributed by atoms with Gasteiger partial charge in [0.05, 0.1) is 18.1 Å². The molecule has 1 saturated carbocycles. The molecule has 2 heterocycles.